The molecular weight excluding hydrogens is 433 g/mol. The number of benzene rings is 2. The molecule has 0 spiro atoms. The van der Waals surface area contributed by atoms with Gasteiger partial charge in [-0.05, 0) is 55.5 Å². The van der Waals surface area contributed by atoms with Crippen molar-refractivity contribution in [3.05, 3.63) is 69.7 Å². The molecule has 2 aliphatic heterocycles. The number of halogens is 2. The van der Waals surface area contributed by atoms with E-state index in [1.165, 1.54) is 24.5 Å². The van der Waals surface area contributed by atoms with Crippen LogP contribution in [0.1, 0.15) is 41.1 Å². The van der Waals surface area contributed by atoms with Gasteiger partial charge in [-0.15, -0.1) is 0 Å². The van der Waals surface area contributed by atoms with E-state index in [2.05, 4.69) is 40.5 Å². The molecule has 164 valence electrons. The van der Waals surface area contributed by atoms with Gasteiger partial charge in [0, 0.05) is 31.2 Å². The Balaban J connectivity index is 1.27. The molecule has 2 fully saturated rings. The number of nitrogens with one attached hydrogen (secondary N) is 1. The zero-order valence-corrected chi connectivity index (χ0v) is 18.9. The standard InChI is InChI=1S/C24H27Cl2N3O2/c25-21-9-8-18(13-22(21)26)24(31)27-14-23(30)29-12-10-20(16-29)28-11-4-7-19(15-28)17-5-2-1-3-6-17/h1-3,5-6,8-9,13,19-20H,4,7,10-12,14-16H2,(H,27,31). The first-order chi connectivity index (χ1) is 15.0. The highest BCUT2D eigenvalue weighted by molar-refractivity contribution is 6.42. The van der Waals surface area contributed by atoms with Crippen LogP contribution in [0.2, 0.25) is 10.0 Å². The largest absolute Gasteiger partial charge is 0.343 e. The Bertz CT molecular complexity index is 938. The lowest BCUT2D eigenvalue weighted by atomic mass is 9.90. The average molecular weight is 460 g/mol. The van der Waals surface area contributed by atoms with Crippen LogP contribution in [0.25, 0.3) is 0 Å². The van der Waals surface area contributed by atoms with Gasteiger partial charge >= 0.3 is 0 Å². The molecule has 0 radical (unpaired) electrons. The van der Waals surface area contributed by atoms with E-state index in [4.69, 9.17) is 23.2 Å². The molecule has 1 N–H and O–H groups in total. The number of carbonyl (C=O) groups excluding carboxylic acids is 2. The highest BCUT2D eigenvalue weighted by Gasteiger charge is 2.33. The molecule has 0 saturated carbocycles. The lowest BCUT2D eigenvalue weighted by Crippen LogP contribution is -2.45. The highest BCUT2D eigenvalue weighted by atomic mass is 35.5. The quantitative estimate of drug-likeness (QED) is 0.728. The van der Waals surface area contributed by atoms with Crippen molar-refractivity contribution in [2.24, 2.45) is 0 Å². The fourth-order valence-corrected chi connectivity index (χ4v) is 4.91. The molecule has 2 aliphatic rings. The van der Waals surface area contributed by atoms with Crippen LogP contribution >= 0.6 is 23.2 Å². The smallest absolute Gasteiger partial charge is 0.251 e. The van der Waals surface area contributed by atoms with E-state index in [0.29, 0.717) is 27.6 Å². The number of piperidine rings is 1. The summed E-state index contributed by atoms with van der Waals surface area (Å²) >= 11 is 11.9. The third kappa shape index (κ3) is 5.40. The monoisotopic (exact) mass is 459 g/mol. The van der Waals surface area contributed by atoms with Crippen molar-refractivity contribution >= 4 is 35.0 Å². The van der Waals surface area contributed by atoms with Crippen molar-refractivity contribution in [1.82, 2.24) is 15.1 Å². The van der Waals surface area contributed by atoms with Crippen LogP contribution in [-0.2, 0) is 4.79 Å². The maximum atomic E-state index is 12.7. The maximum Gasteiger partial charge on any atom is 0.251 e. The van der Waals surface area contributed by atoms with E-state index < -0.39 is 0 Å². The van der Waals surface area contributed by atoms with E-state index in [0.717, 1.165) is 32.6 Å². The van der Waals surface area contributed by atoms with Gasteiger partial charge in [0.25, 0.3) is 5.91 Å². The molecule has 2 heterocycles. The van der Waals surface area contributed by atoms with Crippen LogP contribution in [0.5, 0.6) is 0 Å². The van der Waals surface area contributed by atoms with E-state index in [1.54, 1.807) is 12.1 Å². The molecule has 2 aromatic carbocycles. The zero-order valence-electron chi connectivity index (χ0n) is 17.4. The minimum Gasteiger partial charge on any atom is -0.343 e. The Morgan fingerprint density at radius 1 is 0.968 bits per heavy atom. The van der Waals surface area contributed by atoms with E-state index in [1.807, 2.05) is 4.90 Å². The molecule has 2 atom stereocenters. The van der Waals surface area contributed by atoms with E-state index in [9.17, 15) is 9.59 Å². The number of hydrogen-bond acceptors (Lipinski definition) is 3. The molecular formula is C24H27Cl2N3O2. The first-order valence-electron chi connectivity index (χ1n) is 10.8. The Morgan fingerprint density at radius 3 is 2.55 bits per heavy atom. The van der Waals surface area contributed by atoms with Crippen molar-refractivity contribution in [2.75, 3.05) is 32.7 Å². The number of rotatable bonds is 5. The third-order valence-corrected chi connectivity index (χ3v) is 7.08. The van der Waals surface area contributed by atoms with Gasteiger partial charge in [-0.2, -0.15) is 0 Å². The minimum atomic E-state index is -0.329. The summed E-state index contributed by atoms with van der Waals surface area (Å²) in [4.78, 5) is 29.4. The predicted molar refractivity (Wildman–Crippen MR) is 124 cm³/mol. The number of carbonyl (C=O) groups is 2. The van der Waals surface area contributed by atoms with Crippen molar-refractivity contribution in [2.45, 2.75) is 31.2 Å². The molecule has 0 bridgehead atoms. The van der Waals surface area contributed by atoms with Crippen molar-refractivity contribution in [3.63, 3.8) is 0 Å². The summed E-state index contributed by atoms with van der Waals surface area (Å²) in [6.45, 7) is 3.58. The second-order valence-electron chi connectivity index (χ2n) is 8.34. The molecule has 5 nitrogen and oxygen atoms in total. The van der Waals surface area contributed by atoms with Crippen molar-refractivity contribution in [3.8, 4) is 0 Å². The lowest BCUT2D eigenvalue weighted by molar-refractivity contribution is -0.129. The number of hydrogen-bond donors (Lipinski definition) is 1. The van der Waals surface area contributed by atoms with Crippen LogP contribution in [0.3, 0.4) is 0 Å². The summed E-state index contributed by atoms with van der Waals surface area (Å²) in [7, 11) is 0. The Morgan fingerprint density at radius 2 is 1.77 bits per heavy atom. The van der Waals surface area contributed by atoms with E-state index in [-0.39, 0.29) is 18.4 Å². The van der Waals surface area contributed by atoms with Crippen LogP contribution in [-0.4, -0.2) is 60.4 Å². The van der Waals surface area contributed by atoms with Gasteiger partial charge in [-0.25, -0.2) is 0 Å². The summed E-state index contributed by atoms with van der Waals surface area (Å²) in [5, 5.41) is 3.41. The first-order valence-corrected chi connectivity index (χ1v) is 11.6. The lowest BCUT2D eigenvalue weighted by Gasteiger charge is -2.37. The van der Waals surface area contributed by atoms with Gasteiger partial charge in [-0.3, -0.25) is 14.5 Å². The van der Waals surface area contributed by atoms with Gasteiger partial charge in [0.2, 0.25) is 5.91 Å². The second-order valence-corrected chi connectivity index (χ2v) is 9.15. The number of nitrogens with zero attached hydrogens (tertiary/aromatic N) is 2. The number of likely N-dealkylation sites (tertiary alicyclic amines) is 2. The van der Waals surface area contributed by atoms with Crippen LogP contribution in [0, 0.1) is 0 Å². The molecule has 4 rings (SSSR count). The SMILES string of the molecule is O=C(NCC(=O)N1CCC(N2CCCC(c3ccccc3)C2)C1)c1ccc(Cl)c(Cl)c1. The molecule has 0 aromatic heterocycles. The number of amides is 2. The summed E-state index contributed by atoms with van der Waals surface area (Å²) < 4.78 is 0. The average Bonchev–Trinajstić information content (AvgIpc) is 3.30. The fourth-order valence-electron chi connectivity index (χ4n) is 4.61. The maximum absolute atomic E-state index is 12.7. The van der Waals surface area contributed by atoms with Gasteiger partial charge < -0.3 is 10.2 Å². The van der Waals surface area contributed by atoms with Crippen LogP contribution in [0.15, 0.2) is 48.5 Å². The second kappa shape index (κ2) is 10.0. The topological polar surface area (TPSA) is 52.7 Å². The van der Waals surface area contributed by atoms with Gasteiger partial charge in [0.05, 0.1) is 16.6 Å². The molecule has 0 aliphatic carbocycles. The highest BCUT2D eigenvalue weighted by Crippen LogP contribution is 2.30. The molecule has 7 heteroatoms. The fraction of sp³-hybridized carbons (Fsp3) is 0.417. The summed E-state index contributed by atoms with van der Waals surface area (Å²) in [5.41, 5.74) is 1.80. The van der Waals surface area contributed by atoms with Crippen molar-refractivity contribution < 1.29 is 9.59 Å². The summed E-state index contributed by atoms with van der Waals surface area (Å²) in [6, 6.07) is 15.8. The normalized spacial score (nSPS) is 21.8. The predicted octanol–water partition coefficient (Wildman–Crippen LogP) is 4.20. The van der Waals surface area contributed by atoms with Crippen LogP contribution in [0.4, 0.5) is 0 Å². The van der Waals surface area contributed by atoms with Crippen LogP contribution < -0.4 is 5.32 Å². The summed E-state index contributed by atoms with van der Waals surface area (Å²) in [6.07, 6.45) is 3.38. The molecule has 2 saturated heterocycles. The molecule has 2 amide bonds. The Hall–Kier alpha value is -2.08. The molecule has 2 aromatic rings. The minimum absolute atomic E-state index is 0.0154. The summed E-state index contributed by atoms with van der Waals surface area (Å²) in [5.74, 6) is 0.183. The Labute approximate surface area is 193 Å². The van der Waals surface area contributed by atoms with E-state index >= 15 is 0 Å². The first kappa shape index (κ1) is 22.1. The van der Waals surface area contributed by atoms with Crippen molar-refractivity contribution in [1.29, 1.82) is 0 Å². The molecule has 31 heavy (non-hydrogen) atoms. The zero-order chi connectivity index (χ0) is 21.8. The van der Waals surface area contributed by atoms with Gasteiger partial charge in [0.15, 0.2) is 0 Å². The Kier molecular flexibility index (Phi) is 7.16. The van der Waals surface area contributed by atoms with Gasteiger partial charge in [0.1, 0.15) is 0 Å². The molecule has 2 unspecified atom stereocenters. The van der Waals surface area contributed by atoms with Gasteiger partial charge in [-0.1, -0.05) is 53.5 Å². The third-order valence-electron chi connectivity index (χ3n) is 6.34.